The number of methoxy groups -OCH3 is 1. The van der Waals surface area contributed by atoms with Crippen molar-refractivity contribution in [3.8, 4) is 0 Å². The van der Waals surface area contributed by atoms with Crippen molar-refractivity contribution in [1.82, 2.24) is 31.1 Å². The number of benzene rings is 4. The minimum Gasteiger partial charge on any atom is -0.469 e. The standard InChI is InChI=1S/C54H60N6O8/c1-68-48(61)20-12-5-13-25-55-49(62)41-29-59(30-42(41)50(63)56-45-26-38(45)33-14-6-2-7-15-33)53(66)36-21-23-37(24-22-36)54(67)60-31-43(51(64)57-46-27-39(46)34-16-8-3-9-17-34)44(32-60)52(65)58-47-28-40(47)35-18-10-4-11-19-35/h2-4,6-11,14-19,21-24,38-47H,5,12-13,20,25-32H2,1H3,(H,55,62)(H,56,63)(H,57,64)(H,58,65)/t38-,39-,40-,41-,42-,43-,44-,45+,46+,47+/m1/s1. The number of rotatable bonds is 18. The third-order valence-electron chi connectivity index (χ3n) is 14.6. The van der Waals surface area contributed by atoms with E-state index in [0.29, 0.717) is 43.4 Å². The summed E-state index contributed by atoms with van der Waals surface area (Å²) in [7, 11) is 1.35. The number of ether oxygens (including phenoxy) is 1. The van der Waals surface area contributed by atoms with Crippen LogP contribution in [0.2, 0.25) is 0 Å². The molecule has 2 aliphatic heterocycles. The maximum absolute atomic E-state index is 14.2. The zero-order chi connectivity index (χ0) is 47.3. The van der Waals surface area contributed by atoms with Crippen LogP contribution in [0.15, 0.2) is 115 Å². The van der Waals surface area contributed by atoms with Crippen molar-refractivity contribution < 1.29 is 38.3 Å². The Morgan fingerprint density at radius 1 is 0.471 bits per heavy atom. The molecular weight excluding hydrogens is 861 g/mol. The van der Waals surface area contributed by atoms with Crippen LogP contribution < -0.4 is 21.3 Å². The van der Waals surface area contributed by atoms with E-state index in [0.717, 1.165) is 36.0 Å². The Morgan fingerprint density at radius 3 is 1.18 bits per heavy atom. The van der Waals surface area contributed by atoms with Gasteiger partial charge in [-0.1, -0.05) is 97.4 Å². The first-order valence-corrected chi connectivity index (χ1v) is 24.1. The fourth-order valence-electron chi connectivity index (χ4n) is 10.3. The molecule has 68 heavy (non-hydrogen) atoms. The van der Waals surface area contributed by atoms with Crippen LogP contribution >= 0.6 is 0 Å². The molecule has 3 saturated carbocycles. The summed E-state index contributed by atoms with van der Waals surface area (Å²) in [5, 5.41) is 12.5. The lowest BCUT2D eigenvalue weighted by Gasteiger charge is -2.18. The van der Waals surface area contributed by atoms with Crippen LogP contribution in [-0.4, -0.2) is 109 Å². The van der Waals surface area contributed by atoms with E-state index in [4.69, 9.17) is 4.74 Å². The third-order valence-corrected chi connectivity index (χ3v) is 14.6. The van der Waals surface area contributed by atoms with Gasteiger partial charge in [0.25, 0.3) is 11.8 Å². The molecule has 2 heterocycles. The summed E-state index contributed by atoms with van der Waals surface area (Å²) in [6.45, 7) is 0.594. The van der Waals surface area contributed by atoms with Gasteiger partial charge in [0.2, 0.25) is 23.6 Å². The van der Waals surface area contributed by atoms with E-state index in [9.17, 15) is 33.6 Å². The number of nitrogens with one attached hydrogen (secondary N) is 4. The van der Waals surface area contributed by atoms with E-state index < -0.39 is 23.7 Å². The van der Waals surface area contributed by atoms with Gasteiger partial charge in [-0.3, -0.25) is 33.6 Å². The van der Waals surface area contributed by atoms with Crippen molar-refractivity contribution in [2.24, 2.45) is 23.7 Å². The smallest absolute Gasteiger partial charge is 0.305 e. The number of esters is 1. The number of unbranched alkanes of at least 4 members (excludes halogenated alkanes) is 2. The van der Waals surface area contributed by atoms with Crippen molar-refractivity contribution in [3.05, 3.63) is 143 Å². The Hall–Kier alpha value is -6.83. The molecule has 6 amide bonds. The molecule has 9 rings (SSSR count). The van der Waals surface area contributed by atoms with Gasteiger partial charge in [-0.25, -0.2) is 0 Å². The van der Waals surface area contributed by atoms with E-state index in [1.807, 2.05) is 66.7 Å². The second kappa shape index (κ2) is 20.6. The number of amides is 6. The summed E-state index contributed by atoms with van der Waals surface area (Å²) in [6, 6.07) is 36.2. The molecule has 10 atom stereocenters. The first-order chi connectivity index (χ1) is 33.1. The number of nitrogens with zero attached hydrogens (tertiary/aromatic N) is 2. The minimum atomic E-state index is -0.775. The highest BCUT2D eigenvalue weighted by Crippen LogP contribution is 2.43. The molecule has 4 N–H and O–H groups in total. The monoisotopic (exact) mass is 920 g/mol. The SMILES string of the molecule is COC(=O)CCCCCNC(=O)[C@@H]1CN(C(=O)c2ccc(C(=O)N3C[C@@H](C(=O)N[C@H]4C[C@@H]4c4ccccc4)[C@H](C(=O)N[C@H]4C[C@@H]4c4ccccc4)C3)cc2)C[C@H]1C(=O)N[C@H]1C[C@@H]1c1ccccc1. The predicted molar refractivity (Wildman–Crippen MR) is 253 cm³/mol. The number of likely N-dealkylation sites (tertiary alicyclic amines) is 2. The molecule has 4 aromatic rings. The van der Waals surface area contributed by atoms with Gasteiger partial charge in [0, 0.05) is 86.2 Å². The molecule has 14 heteroatoms. The van der Waals surface area contributed by atoms with Gasteiger partial charge in [-0.05, 0) is 73.1 Å². The molecule has 0 radical (unpaired) electrons. The summed E-state index contributed by atoms with van der Waals surface area (Å²) in [6.07, 6.45) is 4.70. The average Bonchev–Trinajstić information content (AvgIpc) is 4.34. The normalized spacial score (nSPS) is 26.5. The molecule has 0 bridgehead atoms. The Kier molecular flexibility index (Phi) is 14.0. The van der Waals surface area contributed by atoms with E-state index in [-0.39, 0.29) is 103 Å². The van der Waals surface area contributed by atoms with Crippen molar-refractivity contribution in [2.45, 2.75) is 80.8 Å². The van der Waals surface area contributed by atoms with Crippen LogP contribution in [0.5, 0.6) is 0 Å². The minimum absolute atomic E-state index is 0.0408. The van der Waals surface area contributed by atoms with Gasteiger partial charge in [-0.2, -0.15) is 0 Å². The average molecular weight is 921 g/mol. The molecule has 5 fully saturated rings. The summed E-state index contributed by atoms with van der Waals surface area (Å²) in [5.41, 5.74) is 4.05. The summed E-state index contributed by atoms with van der Waals surface area (Å²) < 4.78 is 4.71. The zero-order valence-corrected chi connectivity index (χ0v) is 38.4. The number of hydrogen-bond acceptors (Lipinski definition) is 8. The predicted octanol–water partition coefficient (Wildman–Crippen LogP) is 4.93. The van der Waals surface area contributed by atoms with Crippen molar-refractivity contribution in [3.63, 3.8) is 0 Å². The summed E-state index contributed by atoms with van der Waals surface area (Å²) in [4.78, 5) is 98.3. The van der Waals surface area contributed by atoms with Gasteiger partial charge in [0.1, 0.15) is 0 Å². The highest BCUT2D eigenvalue weighted by atomic mass is 16.5. The van der Waals surface area contributed by atoms with Gasteiger partial charge in [0.15, 0.2) is 0 Å². The summed E-state index contributed by atoms with van der Waals surface area (Å²) in [5.74, 6) is -4.50. The topological polar surface area (TPSA) is 183 Å². The zero-order valence-electron chi connectivity index (χ0n) is 38.4. The second-order valence-electron chi connectivity index (χ2n) is 19.2. The van der Waals surface area contributed by atoms with E-state index in [1.54, 1.807) is 29.2 Å². The number of carbonyl (C=O) groups is 7. The van der Waals surface area contributed by atoms with Crippen LogP contribution in [0.25, 0.3) is 0 Å². The Labute approximate surface area is 396 Å². The van der Waals surface area contributed by atoms with Crippen molar-refractivity contribution in [1.29, 1.82) is 0 Å². The molecule has 0 spiro atoms. The molecule has 2 saturated heterocycles. The highest BCUT2D eigenvalue weighted by molar-refractivity contribution is 6.00. The molecule has 0 unspecified atom stereocenters. The molecule has 354 valence electrons. The lowest BCUT2D eigenvalue weighted by molar-refractivity contribution is -0.140. The molecule has 3 aliphatic carbocycles. The summed E-state index contributed by atoms with van der Waals surface area (Å²) >= 11 is 0. The van der Waals surface area contributed by atoms with Crippen molar-refractivity contribution >= 4 is 41.4 Å². The Balaban J connectivity index is 0.841. The third kappa shape index (κ3) is 10.8. The maximum atomic E-state index is 14.2. The van der Waals surface area contributed by atoms with Gasteiger partial charge < -0.3 is 35.8 Å². The lowest BCUT2D eigenvalue weighted by atomic mass is 9.94. The molecule has 14 nitrogen and oxygen atoms in total. The van der Waals surface area contributed by atoms with Gasteiger partial charge in [0.05, 0.1) is 30.8 Å². The fraction of sp³-hybridized carbons (Fsp3) is 0.426. The van der Waals surface area contributed by atoms with Gasteiger partial charge >= 0.3 is 5.97 Å². The van der Waals surface area contributed by atoms with E-state index in [1.165, 1.54) is 12.0 Å². The second-order valence-corrected chi connectivity index (χ2v) is 19.2. The molecular formula is C54H60N6O8. The van der Waals surface area contributed by atoms with Crippen molar-refractivity contribution in [2.75, 3.05) is 39.8 Å². The van der Waals surface area contributed by atoms with Crippen LogP contribution in [0.3, 0.4) is 0 Å². The highest BCUT2D eigenvalue weighted by Gasteiger charge is 2.50. The number of hydrogen-bond donors (Lipinski definition) is 4. The Bertz CT molecular complexity index is 2410. The number of carbonyl (C=O) groups excluding carboxylic acids is 7. The van der Waals surface area contributed by atoms with Crippen LogP contribution in [0.4, 0.5) is 0 Å². The fourth-order valence-corrected chi connectivity index (χ4v) is 10.3. The van der Waals surface area contributed by atoms with E-state index in [2.05, 4.69) is 45.5 Å². The van der Waals surface area contributed by atoms with Crippen LogP contribution in [0.1, 0.15) is 100 Å². The Morgan fingerprint density at radius 2 is 0.824 bits per heavy atom. The largest absolute Gasteiger partial charge is 0.469 e. The molecule has 0 aromatic heterocycles. The quantitative estimate of drug-likeness (QED) is 0.0801. The van der Waals surface area contributed by atoms with Crippen LogP contribution in [0, 0.1) is 23.7 Å². The lowest BCUT2D eigenvalue weighted by Crippen LogP contribution is -2.43. The molecule has 5 aliphatic rings. The van der Waals surface area contributed by atoms with E-state index >= 15 is 0 Å². The first-order valence-electron chi connectivity index (χ1n) is 24.1. The first kappa shape index (κ1) is 46.3. The van der Waals surface area contributed by atoms with Crippen LogP contribution in [-0.2, 0) is 28.7 Å². The van der Waals surface area contributed by atoms with Gasteiger partial charge in [-0.15, -0.1) is 0 Å². The molecule has 4 aromatic carbocycles. The maximum Gasteiger partial charge on any atom is 0.305 e.